The molecule has 1 N–H and O–H groups in total. The first kappa shape index (κ1) is 22.8. The van der Waals surface area contributed by atoms with Crippen LogP contribution in [0.15, 0.2) is 73.3 Å². The van der Waals surface area contributed by atoms with Gasteiger partial charge < -0.3 is 10.2 Å². The molecule has 2 aromatic carbocycles. The van der Waals surface area contributed by atoms with Crippen molar-refractivity contribution in [3.05, 3.63) is 101 Å². The van der Waals surface area contributed by atoms with E-state index in [2.05, 4.69) is 39.7 Å². The molecule has 0 aliphatic carbocycles. The number of nitrogens with zero attached hydrogens (tertiary/aromatic N) is 4. The molecule has 1 aliphatic heterocycles. The predicted molar refractivity (Wildman–Crippen MR) is 136 cm³/mol. The van der Waals surface area contributed by atoms with Crippen LogP contribution in [0.2, 0.25) is 5.02 Å². The van der Waals surface area contributed by atoms with Gasteiger partial charge in [0, 0.05) is 61.5 Å². The van der Waals surface area contributed by atoms with Gasteiger partial charge in [-0.3, -0.25) is 19.3 Å². The van der Waals surface area contributed by atoms with Crippen LogP contribution in [0.1, 0.15) is 37.8 Å². The second-order valence-electron chi connectivity index (χ2n) is 8.77. The Hall–Kier alpha value is -3.97. The lowest BCUT2D eigenvalue weighted by Crippen LogP contribution is -2.48. The highest BCUT2D eigenvalue weighted by atomic mass is 35.5. The third-order valence-electron chi connectivity index (χ3n) is 6.34. The second kappa shape index (κ2) is 9.35. The Morgan fingerprint density at radius 1 is 1.03 bits per heavy atom. The molecule has 0 saturated carbocycles. The van der Waals surface area contributed by atoms with Gasteiger partial charge in [-0.25, -0.2) is 0 Å². The molecule has 0 atom stereocenters. The molecule has 2 aromatic heterocycles. The number of benzene rings is 2. The fourth-order valence-electron chi connectivity index (χ4n) is 4.19. The number of carbonyl (C=O) groups is 2. The van der Waals surface area contributed by atoms with Gasteiger partial charge >= 0.3 is 0 Å². The number of hydrogen-bond acceptors (Lipinski definition) is 4. The summed E-state index contributed by atoms with van der Waals surface area (Å²) in [7, 11) is 1.90. The zero-order valence-electron chi connectivity index (χ0n) is 19.4. The third kappa shape index (κ3) is 4.68. The Kier molecular flexibility index (Phi) is 6.09. The summed E-state index contributed by atoms with van der Waals surface area (Å²) in [6.07, 6.45) is 6.78. The van der Waals surface area contributed by atoms with Gasteiger partial charge in [0.2, 0.25) is 0 Å². The smallest absolute Gasteiger partial charge is 0.257 e. The van der Waals surface area contributed by atoms with Crippen molar-refractivity contribution < 1.29 is 9.59 Å². The average Bonchev–Trinajstić information content (AvgIpc) is 3.26. The summed E-state index contributed by atoms with van der Waals surface area (Å²) < 4.78 is 1.79. The fraction of sp³-hybridized carbons (Fsp3) is 0.185. The van der Waals surface area contributed by atoms with Crippen molar-refractivity contribution >= 4 is 29.1 Å². The zero-order valence-corrected chi connectivity index (χ0v) is 20.2. The number of pyridine rings is 1. The minimum absolute atomic E-state index is 0.0503. The van der Waals surface area contributed by atoms with Gasteiger partial charge in [-0.15, -0.1) is 0 Å². The van der Waals surface area contributed by atoms with Crippen molar-refractivity contribution in [3.63, 3.8) is 0 Å². The molecule has 0 unspecified atom stereocenters. The SMILES string of the molecule is Cc1ccc(C(=O)N2CC(c3ccc(-c4cnn(C)c4)cc3)C2)cc1NC(=O)c1ccncc1Cl. The van der Waals surface area contributed by atoms with Crippen LogP contribution in [-0.2, 0) is 7.05 Å². The molecule has 7 nitrogen and oxygen atoms in total. The van der Waals surface area contributed by atoms with E-state index in [1.54, 1.807) is 22.9 Å². The van der Waals surface area contributed by atoms with E-state index in [1.807, 2.05) is 37.3 Å². The third-order valence-corrected chi connectivity index (χ3v) is 6.64. The molecule has 0 bridgehead atoms. The lowest BCUT2D eigenvalue weighted by Gasteiger charge is -2.39. The molecular weight excluding hydrogens is 462 g/mol. The maximum atomic E-state index is 13.1. The molecule has 2 amide bonds. The molecule has 4 aromatic rings. The highest BCUT2D eigenvalue weighted by Gasteiger charge is 2.32. The first-order valence-corrected chi connectivity index (χ1v) is 11.7. The zero-order chi connectivity index (χ0) is 24.5. The average molecular weight is 486 g/mol. The standard InChI is InChI=1S/C27H24ClN5O2/c1-17-3-4-20(11-25(17)31-26(34)23-9-10-29-13-24(23)28)27(35)33-15-22(16-33)19-7-5-18(6-8-19)21-12-30-32(2)14-21/h3-14,22H,15-16H2,1-2H3,(H,31,34). The molecule has 35 heavy (non-hydrogen) atoms. The van der Waals surface area contributed by atoms with Gasteiger partial charge in [-0.2, -0.15) is 5.10 Å². The molecule has 1 saturated heterocycles. The number of carbonyl (C=O) groups excluding carboxylic acids is 2. The number of nitrogens with one attached hydrogen (secondary N) is 1. The van der Waals surface area contributed by atoms with Crippen molar-refractivity contribution in [1.82, 2.24) is 19.7 Å². The van der Waals surface area contributed by atoms with Crippen molar-refractivity contribution in [2.24, 2.45) is 7.05 Å². The predicted octanol–water partition coefficient (Wildman–Crippen LogP) is 4.94. The Morgan fingerprint density at radius 3 is 2.49 bits per heavy atom. The number of aromatic nitrogens is 3. The maximum Gasteiger partial charge on any atom is 0.257 e. The summed E-state index contributed by atoms with van der Waals surface area (Å²) in [5.41, 5.74) is 5.73. The lowest BCUT2D eigenvalue weighted by molar-refractivity contribution is 0.0602. The van der Waals surface area contributed by atoms with E-state index in [0.717, 1.165) is 16.7 Å². The minimum atomic E-state index is -0.344. The normalized spacial score (nSPS) is 13.4. The molecule has 3 heterocycles. The van der Waals surface area contributed by atoms with Gasteiger partial charge in [0.05, 0.1) is 16.8 Å². The number of aryl methyl sites for hydroxylation is 2. The van der Waals surface area contributed by atoms with Gasteiger partial charge in [0.1, 0.15) is 0 Å². The quantitative estimate of drug-likeness (QED) is 0.434. The number of likely N-dealkylation sites (tertiary alicyclic amines) is 1. The fourth-order valence-corrected chi connectivity index (χ4v) is 4.40. The van der Waals surface area contributed by atoms with E-state index in [9.17, 15) is 9.59 Å². The van der Waals surface area contributed by atoms with Gasteiger partial charge in [0.25, 0.3) is 11.8 Å². The summed E-state index contributed by atoms with van der Waals surface area (Å²) in [5.74, 6) is -0.0881. The van der Waals surface area contributed by atoms with Crippen LogP contribution in [0.4, 0.5) is 5.69 Å². The summed E-state index contributed by atoms with van der Waals surface area (Å²) in [4.78, 5) is 31.5. The Labute approximate surface area is 208 Å². The lowest BCUT2D eigenvalue weighted by atomic mass is 9.90. The highest BCUT2D eigenvalue weighted by Crippen LogP contribution is 2.31. The second-order valence-corrected chi connectivity index (χ2v) is 9.18. The molecule has 1 aliphatic rings. The molecule has 5 rings (SSSR count). The van der Waals surface area contributed by atoms with Crippen molar-refractivity contribution in [2.75, 3.05) is 18.4 Å². The number of amides is 2. The van der Waals surface area contributed by atoms with Crippen LogP contribution in [0.25, 0.3) is 11.1 Å². The molecule has 176 valence electrons. The summed E-state index contributed by atoms with van der Waals surface area (Å²) in [6, 6.07) is 15.4. The monoisotopic (exact) mass is 485 g/mol. The topological polar surface area (TPSA) is 80.1 Å². The summed E-state index contributed by atoms with van der Waals surface area (Å²) in [6.45, 7) is 3.20. The molecule has 0 spiro atoms. The van der Waals surface area contributed by atoms with Gasteiger partial charge in [0.15, 0.2) is 0 Å². The van der Waals surface area contributed by atoms with Crippen molar-refractivity contribution in [3.8, 4) is 11.1 Å². The first-order chi connectivity index (χ1) is 16.9. The van der Waals surface area contributed by atoms with Crippen LogP contribution in [0.3, 0.4) is 0 Å². The largest absolute Gasteiger partial charge is 0.337 e. The summed E-state index contributed by atoms with van der Waals surface area (Å²) in [5, 5.41) is 7.36. The Balaban J connectivity index is 1.24. The molecule has 8 heteroatoms. The van der Waals surface area contributed by atoms with Crippen LogP contribution >= 0.6 is 11.6 Å². The van der Waals surface area contributed by atoms with E-state index >= 15 is 0 Å². The van der Waals surface area contributed by atoms with E-state index < -0.39 is 0 Å². The van der Waals surface area contributed by atoms with Crippen LogP contribution in [-0.4, -0.2) is 44.6 Å². The number of hydrogen-bond donors (Lipinski definition) is 1. The maximum absolute atomic E-state index is 13.1. The molecule has 1 fully saturated rings. The van der Waals surface area contributed by atoms with Crippen molar-refractivity contribution in [1.29, 1.82) is 0 Å². The van der Waals surface area contributed by atoms with E-state index in [0.29, 0.717) is 35.8 Å². The van der Waals surface area contributed by atoms with Gasteiger partial charge in [-0.1, -0.05) is 41.9 Å². The van der Waals surface area contributed by atoms with E-state index in [1.165, 1.54) is 18.0 Å². The number of anilines is 1. The van der Waals surface area contributed by atoms with Crippen LogP contribution in [0, 0.1) is 6.92 Å². The number of rotatable bonds is 5. The van der Waals surface area contributed by atoms with Crippen molar-refractivity contribution in [2.45, 2.75) is 12.8 Å². The minimum Gasteiger partial charge on any atom is -0.337 e. The van der Waals surface area contributed by atoms with Crippen LogP contribution in [0.5, 0.6) is 0 Å². The number of halogens is 1. The Morgan fingerprint density at radius 2 is 1.80 bits per heavy atom. The van der Waals surface area contributed by atoms with E-state index in [4.69, 9.17) is 11.6 Å². The molecular formula is C27H24ClN5O2. The van der Waals surface area contributed by atoms with E-state index in [-0.39, 0.29) is 16.8 Å². The molecule has 0 radical (unpaired) electrons. The van der Waals surface area contributed by atoms with Crippen LogP contribution < -0.4 is 5.32 Å². The highest BCUT2D eigenvalue weighted by molar-refractivity contribution is 6.34. The Bertz CT molecular complexity index is 1410. The first-order valence-electron chi connectivity index (χ1n) is 11.3. The summed E-state index contributed by atoms with van der Waals surface area (Å²) >= 11 is 6.09. The van der Waals surface area contributed by atoms with Gasteiger partial charge in [-0.05, 0) is 41.8 Å².